The molecule has 1 aromatic carbocycles. The molecule has 1 amide bonds. The molecule has 0 aliphatic heterocycles. The molecule has 3 N–H and O–H groups in total. The Bertz CT molecular complexity index is 455. The number of carbonyl (C=O) groups is 1. The fourth-order valence-electron chi connectivity index (χ4n) is 1.38. The monoisotopic (exact) mass is 324 g/mol. The first-order chi connectivity index (χ1) is 9.33. The van der Waals surface area contributed by atoms with Crippen LogP contribution in [0, 0.1) is 0 Å². The Morgan fingerprint density at radius 1 is 1.40 bits per heavy atom. The highest BCUT2D eigenvalue weighted by Gasteiger charge is 2.30. The molecule has 0 heterocycles. The number of thioether (sulfide) groups is 2. The number of nitrogens with two attached hydrogens (primary N) is 1. The third kappa shape index (κ3) is 6.06. The minimum absolute atomic E-state index is 0.0505. The van der Waals surface area contributed by atoms with Gasteiger partial charge in [0.25, 0.3) is 0 Å². The van der Waals surface area contributed by atoms with E-state index < -0.39 is 17.5 Å². The van der Waals surface area contributed by atoms with Gasteiger partial charge >= 0.3 is 5.51 Å². The van der Waals surface area contributed by atoms with Crippen LogP contribution in [-0.2, 0) is 4.79 Å². The molecule has 8 heteroatoms. The normalized spacial score (nSPS) is 13.1. The van der Waals surface area contributed by atoms with Gasteiger partial charge in [0.15, 0.2) is 0 Å². The van der Waals surface area contributed by atoms with Crippen molar-refractivity contribution in [2.45, 2.75) is 22.9 Å². The van der Waals surface area contributed by atoms with E-state index in [0.717, 1.165) is 0 Å². The molecule has 0 bridgehead atoms. The van der Waals surface area contributed by atoms with E-state index in [1.807, 2.05) is 6.26 Å². The smallest absolute Gasteiger partial charge is 0.324 e. The largest absolute Gasteiger partial charge is 0.446 e. The summed E-state index contributed by atoms with van der Waals surface area (Å²) in [6, 6.07) is 5.04. The first kappa shape index (κ1) is 17.2. The number of amides is 1. The van der Waals surface area contributed by atoms with Crippen LogP contribution in [0.2, 0.25) is 0 Å². The van der Waals surface area contributed by atoms with Gasteiger partial charge in [-0.15, -0.1) is 0 Å². The third-order valence-electron chi connectivity index (χ3n) is 2.34. The van der Waals surface area contributed by atoms with Crippen LogP contribution in [0.25, 0.3) is 0 Å². The molecule has 1 aromatic rings. The summed E-state index contributed by atoms with van der Waals surface area (Å²) in [6.45, 7) is 0. The molecule has 3 nitrogen and oxygen atoms in total. The first-order valence-electron chi connectivity index (χ1n) is 5.73. The van der Waals surface area contributed by atoms with Crippen LogP contribution in [0.1, 0.15) is 6.42 Å². The van der Waals surface area contributed by atoms with Gasteiger partial charge in [0.1, 0.15) is 0 Å². The number of para-hydroxylation sites is 1. The zero-order valence-electron chi connectivity index (χ0n) is 10.7. The lowest BCUT2D eigenvalue weighted by molar-refractivity contribution is -0.117. The van der Waals surface area contributed by atoms with Crippen molar-refractivity contribution in [2.24, 2.45) is 5.73 Å². The SMILES string of the molecule is CSCC[C@@H](N)C(=O)Nc1ccccc1SC(F)(F)F. The number of halogens is 3. The van der Waals surface area contributed by atoms with Crippen LogP contribution in [0.3, 0.4) is 0 Å². The Morgan fingerprint density at radius 3 is 2.65 bits per heavy atom. The molecule has 1 atom stereocenters. The lowest BCUT2D eigenvalue weighted by atomic mass is 10.2. The van der Waals surface area contributed by atoms with Crippen molar-refractivity contribution in [2.75, 3.05) is 17.3 Å². The molecule has 0 radical (unpaired) electrons. The molecule has 0 aromatic heterocycles. The van der Waals surface area contributed by atoms with Crippen LogP contribution in [0.4, 0.5) is 18.9 Å². The molecule has 0 unspecified atom stereocenters. The van der Waals surface area contributed by atoms with Gasteiger partial charge in [-0.25, -0.2) is 0 Å². The van der Waals surface area contributed by atoms with E-state index >= 15 is 0 Å². The van der Waals surface area contributed by atoms with E-state index in [2.05, 4.69) is 5.32 Å². The van der Waals surface area contributed by atoms with E-state index in [0.29, 0.717) is 12.2 Å². The minimum Gasteiger partial charge on any atom is -0.324 e. The van der Waals surface area contributed by atoms with Crippen molar-refractivity contribution in [3.8, 4) is 0 Å². The highest BCUT2D eigenvalue weighted by atomic mass is 32.2. The maximum Gasteiger partial charge on any atom is 0.446 e. The second-order valence-electron chi connectivity index (χ2n) is 3.92. The molecular weight excluding hydrogens is 309 g/mol. The minimum atomic E-state index is -4.40. The number of rotatable bonds is 6. The summed E-state index contributed by atoms with van der Waals surface area (Å²) in [5, 5.41) is 2.45. The third-order valence-corrected chi connectivity index (χ3v) is 3.79. The number of hydrogen-bond acceptors (Lipinski definition) is 4. The summed E-state index contributed by atoms with van der Waals surface area (Å²) in [5.74, 6) is 0.238. The standard InChI is InChI=1S/C12H15F3N2OS2/c1-19-7-6-8(16)11(18)17-9-4-2-3-5-10(9)20-12(13,14)15/h2-5,8H,6-7,16H2,1H3,(H,17,18)/t8-/m1/s1. The zero-order valence-corrected chi connectivity index (χ0v) is 12.4. The fourth-order valence-corrected chi connectivity index (χ4v) is 2.50. The van der Waals surface area contributed by atoms with Gasteiger partial charge in [-0.3, -0.25) is 4.79 Å². The molecule has 0 aliphatic carbocycles. The van der Waals surface area contributed by atoms with Gasteiger partial charge in [0.2, 0.25) is 5.91 Å². The molecule has 0 aliphatic rings. The summed E-state index contributed by atoms with van der Waals surface area (Å²) < 4.78 is 37.2. The molecule has 1 rings (SSSR count). The van der Waals surface area contributed by atoms with E-state index in [4.69, 9.17) is 5.73 Å². The van der Waals surface area contributed by atoms with Crippen LogP contribution in [-0.4, -0.2) is 29.5 Å². The Labute approximate surface area is 123 Å². The lowest BCUT2D eigenvalue weighted by Gasteiger charge is -2.15. The van der Waals surface area contributed by atoms with Crippen molar-refractivity contribution in [3.63, 3.8) is 0 Å². The number of anilines is 1. The second-order valence-corrected chi connectivity index (χ2v) is 6.01. The molecule has 0 fully saturated rings. The number of carbonyl (C=O) groups excluding carboxylic acids is 1. The molecule has 0 saturated carbocycles. The molecule has 0 saturated heterocycles. The Hall–Kier alpha value is -0.860. The topological polar surface area (TPSA) is 55.1 Å². The average Bonchev–Trinajstić information content (AvgIpc) is 2.36. The maximum atomic E-state index is 12.4. The van der Waals surface area contributed by atoms with Crippen LogP contribution < -0.4 is 11.1 Å². The second kappa shape index (κ2) is 7.80. The average molecular weight is 324 g/mol. The summed E-state index contributed by atoms with van der Waals surface area (Å²) in [6.07, 6.45) is 2.36. The predicted octanol–water partition coefficient (Wildman–Crippen LogP) is 3.32. The van der Waals surface area contributed by atoms with Crippen molar-refractivity contribution >= 4 is 35.1 Å². The van der Waals surface area contributed by atoms with Gasteiger partial charge in [-0.2, -0.15) is 24.9 Å². The van der Waals surface area contributed by atoms with Crippen LogP contribution in [0.15, 0.2) is 29.2 Å². The molecule has 0 spiro atoms. The van der Waals surface area contributed by atoms with Gasteiger partial charge < -0.3 is 11.1 Å². The van der Waals surface area contributed by atoms with E-state index in [1.165, 1.54) is 18.2 Å². The van der Waals surface area contributed by atoms with Crippen molar-refractivity contribution < 1.29 is 18.0 Å². The fraction of sp³-hybridized carbons (Fsp3) is 0.417. The summed E-state index contributed by atoms with van der Waals surface area (Å²) >= 11 is 1.29. The van der Waals surface area contributed by atoms with Crippen molar-refractivity contribution in [1.29, 1.82) is 0 Å². The molecular formula is C12H15F3N2OS2. The quantitative estimate of drug-likeness (QED) is 0.788. The van der Waals surface area contributed by atoms with E-state index in [-0.39, 0.29) is 22.3 Å². The summed E-state index contributed by atoms with van der Waals surface area (Å²) in [7, 11) is 0. The highest BCUT2D eigenvalue weighted by Crippen LogP contribution is 2.40. The van der Waals surface area contributed by atoms with Gasteiger partial charge in [-0.1, -0.05) is 12.1 Å². The van der Waals surface area contributed by atoms with E-state index in [1.54, 1.807) is 17.8 Å². The van der Waals surface area contributed by atoms with Crippen molar-refractivity contribution in [3.05, 3.63) is 24.3 Å². The van der Waals surface area contributed by atoms with Crippen LogP contribution in [0.5, 0.6) is 0 Å². The van der Waals surface area contributed by atoms with E-state index in [9.17, 15) is 18.0 Å². The summed E-state index contributed by atoms with van der Waals surface area (Å²) in [5.41, 5.74) is 1.40. The number of benzene rings is 1. The number of alkyl halides is 3. The number of nitrogens with one attached hydrogen (secondary N) is 1. The summed E-state index contributed by atoms with van der Waals surface area (Å²) in [4.78, 5) is 11.7. The molecule has 112 valence electrons. The van der Waals surface area contributed by atoms with Crippen LogP contribution >= 0.6 is 23.5 Å². The first-order valence-corrected chi connectivity index (χ1v) is 7.94. The maximum absolute atomic E-state index is 12.4. The Morgan fingerprint density at radius 2 is 2.05 bits per heavy atom. The van der Waals surface area contributed by atoms with Crippen molar-refractivity contribution in [1.82, 2.24) is 0 Å². The Kier molecular flexibility index (Phi) is 6.70. The molecule has 20 heavy (non-hydrogen) atoms. The lowest BCUT2D eigenvalue weighted by Crippen LogP contribution is -2.36. The highest BCUT2D eigenvalue weighted by molar-refractivity contribution is 8.00. The number of hydrogen-bond donors (Lipinski definition) is 2. The zero-order chi connectivity index (χ0) is 15.2. The van der Waals surface area contributed by atoms with Gasteiger partial charge in [-0.05, 0) is 42.3 Å². The van der Waals surface area contributed by atoms with Gasteiger partial charge in [0.05, 0.1) is 11.7 Å². The Balaban J connectivity index is 2.74. The predicted molar refractivity (Wildman–Crippen MR) is 78.0 cm³/mol. The van der Waals surface area contributed by atoms with Gasteiger partial charge in [0, 0.05) is 4.90 Å².